The highest BCUT2D eigenvalue weighted by Crippen LogP contribution is 2.24. The smallest absolute Gasteiger partial charge is 0.224 e. The SMILES string of the molecule is C[C@@H]1CN(Cc2ccccc2)CC[C@@H]1N(C)C(=O)C[C@H](N)c1ccccc1. The summed E-state index contributed by atoms with van der Waals surface area (Å²) in [5, 5.41) is 0. The van der Waals surface area contributed by atoms with Gasteiger partial charge in [0.05, 0.1) is 0 Å². The molecule has 1 heterocycles. The van der Waals surface area contributed by atoms with E-state index in [1.54, 1.807) is 0 Å². The van der Waals surface area contributed by atoms with Crippen LogP contribution < -0.4 is 5.73 Å². The highest BCUT2D eigenvalue weighted by molar-refractivity contribution is 5.77. The number of benzene rings is 2. The van der Waals surface area contributed by atoms with E-state index in [-0.39, 0.29) is 18.0 Å². The molecule has 27 heavy (non-hydrogen) atoms. The lowest BCUT2D eigenvalue weighted by Gasteiger charge is -2.41. The molecule has 1 aliphatic heterocycles. The zero-order chi connectivity index (χ0) is 19.2. The topological polar surface area (TPSA) is 49.6 Å². The van der Waals surface area contributed by atoms with Crippen molar-refractivity contribution >= 4 is 5.91 Å². The summed E-state index contributed by atoms with van der Waals surface area (Å²) in [7, 11) is 1.94. The number of hydrogen-bond donors (Lipinski definition) is 1. The van der Waals surface area contributed by atoms with E-state index in [2.05, 4.69) is 42.2 Å². The van der Waals surface area contributed by atoms with Crippen molar-refractivity contribution in [2.24, 2.45) is 11.7 Å². The molecule has 144 valence electrons. The maximum Gasteiger partial charge on any atom is 0.224 e. The molecule has 0 saturated carbocycles. The standard InChI is InChI=1S/C23H31N3O/c1-18-16-26(17-19-9-5-3-6-10-19)14-13-22(18)25(2)23(27)15-21(24)20-11-7-4-8-12-20/h3-12,18,21-22H,13-17,24H2,1-2H3/t18-,21+,22+/m1/s1. The van der Waals surface area contributed by atoms with Gasteiger partial charge in [0.1, 0.15) is 0 Å². The molecule has 0 unspecified atom stereocenters. The number of hydrogen-bond acceptors (Lipinski definition) is 3. The summed E-state index contributed by atoms with van der Waals surface area (Å²) in [5.41, 5.74) is 8.62. The molecule has 1 saturated heterocycles. The van der Waals surface area contributed by atoms with Crippen molar-refractivity contribution in [2.45, 2.75) is 38.4 Å². The second-order valence-electron chi connectivity index (χ2n) is 7.78. The van der Waals surface area contributed by atoms with Crippen LogP contribution in [0.2, 0.25) is 0 Å². The summed E-state index contributed by atoms with van der Waals surface area (Å²) >= 11 is 0. The van der Waals surface area contributed by atoms with Crippen LogP contribution in [-0.2, 0) is 11.3 Å². The number of carbonyl (C=O) groups excluding carboxylic acids is 1. The number of amides is 1. The van der Waals surface area contributed by atoms with E-state index >= 15 is 0 Å². The third-order valence-electron chi connectivity index (χ3n) is 5.71. The molecule has 0 radical (unpaired) electrons. The van der Waals surface area contributed by atoms with E-state index < -0.39 is 0 Å². The maximum absolute atomic E-state index is 12.8. The molecule has 1 amide bonds. The summed E-state index contributed by atoms with van der Waals surface area (Å²) < 4.78 is 0. The Morgan fingerprint density at radius 1 is 1.15 bits per heavy atom. The predicted octanol–water partition coefficient (Wildman–Crippen LogP) is 3.45. The Hall–Kier alpha value is -2.17. The van der Waals surface area contributed by atoms with E-state index in [1.807, 2.05) is 42.3 Å². The quantitative estimate of drug-likeness (QED) is 0.853. The lowest BCUT2D eigenvalue weighted by atomic mass is 9.91. The lowest BCUT2D eigenvalue weighted by molar-refractivity contribution is -0.134. The van der Waals surface area contributed by atoms with Gasteiger partial charge in [-0.05, 0) is 23.5 Å². The molecule has 0 spiro atoms. The molecule has 0 aliphatic carbocycles. The van der Waals surface area contributed by atoms with Gasteiger partial charge in [-0.15, -0.1) is 0 Å². The number of nitrogens with zero attached hydrogens (tertiary/aromatic N) is 2. The van der Waals surface area contributed by atoms with Crippen molar-refractivity contribution in [3.05, 3.63) is 71.8 Å². The first kappa shape index (κ1) is 19.6. The maximum atomic E-state index is 12.8. The Balaban J connectivity index is 1.53. The van der Waals surface area contributed by atoms with Gasteiger partial charge in [-0.3, -0.25) is 9.69 Å². The molecule has 2 aromatic carbocycles. The van der Waals surface area contributed by atoms with Gasteiger partial charge in [0.25, 0.3) is 0 Å². The number of likely N-dealkylation sites (tertiary alicyclic amines) is 1. The van der Waals surface area contributed by atoms with Gasteiger partial charge in [0.15, 0.2) is 0 Å². The van der Waals surface area contributed by atoms with Crippen LogP contribution in [0.5, 0.6) is 0 Å². The highest BCUT2D eigenvalue weighted by atomic mass is 16.2. The summed E-state index contributed by atoms with van der Waals surface area (Å²) in [5.74, 6) is 0.587. The fraction of sp³-hybridized carbons (Fsp3) is 0.435. The Labute approximate surface area is 163 Å². The molecular formula is C23H31N3O. The van der Waals surface area contributed by atoms with Gasteiger partial charge in [-0.1, -0.05) is 67.6 Å². The largest absolute Gasteiger partial charge is 0.342 e. The van der Waals surface area contributed by atoms with Crippen molar-refractivity contribution in [1.82, 2.24) is 9.80 Å². The molecule has 1 fully saturated rings. The second-order valence-corrected chi connectivity index (χ2v) is 7.78. The van der Waals surface area contributed by atoms with Crippen LogP contribution in [0.25, 0.3) is 0 Å². The normalized spacial score (nSPS) is 21.6. The average molecular weight is 366 g/mol. The third-order valence-corrected chi connectivity index (χ3v) is 5.71. The van der Waals surface area contributed by atoms with Crippen LogP contribution in [-0.4, -0.2) is 41.9 Å². The van der Waals surface area contributed by atoms with Crippen molar-refractivity contribution in [3.63, 3.8) is 0 Å². The molecule has 0 aromatic heterocycles. The fourth-order valence-electron chi connectivity index (χ4n) is 4.12. The molecule has 4 nitrogen and oxygen atoms in total. The molecule has 2 aromatic rings. The zero-order valence-corrected chi connectivity index (χ0v) is 16.4. The monoisotopic (exact) mass is 365 g/mol. The van der Waals surface area contributed by atoms with Crippen molar-refractivity contribution in [2.75, 3.05) is 20.1 Å². The zero-order valence-electron chi connectivity index (χ0n) is 16.4. The first-order valence-corrected chi connectivity index (χ1v) is 9.87. The van der Waals surface area contributed by atoms with Gasteiger partial charge < -0.3 is 10.6 Å². The van der Waals surface area contributed by atoms with E-state index in [0.717, 1.165) is 31.6 Å². The van der Waals surface area contributed by atoms with E-state index in [1.165, 1.54) is 5.56 Å². The van der Waals surface area contributed by atoms with Crippen molar-refractivity contribution in [1.29, 1.82) is 0 Å². The van der Waals surface area contributed by atoms with Crippen LogP contribution in [0, 0.1) is 5.92 Å². The average Bonchev–Trinajstić information content (AvgIpc) is 2.69. The summed E-state index contributed by atoms with van der Waals surface area (Å²) in [6.07, 6.45) is 1.37. The molecule has 2 N–H and O–H groups in total. The van der Waals surface area contributed by atoms with Gasteiger partial charge in [0, 0.05) is 45.2 Å². The molecule has 4 heteroatoms. The third kappa shape index (κ3) is 5.18. The molecule has 3 rings (SSSR count). The van der Waals surface area contributed by atoms with Gasteiger partial charge in [0.2, 0.25) is 5.91 Å². The minimum atomic E-state index is -0.241. The first-order valence-electron chi connectivity index (χ1n) is 9.87. The van der Waals surface area contributed by atoms with Crippen LogP contribution in [0.1, 0.15) is 36.9 Å². The van der Waals surface area contributed by atoms with E-state index in [4.69, 9.17) is 5.73 Å². The minimum absolute atomic E-state index is 0.139. The Bertz CT molecular complexity index is 719. The van der Waals surface area contributed by atoms with Gasteiger partial charge in [-0.25, -0.2) is 0 Å². The fourth-order valence-corrected chi connectivity index (χ4v) is 4.12. The highest BCUT2D eigenvalue weighted by Gasteiger charge is 2.31. The molecular weight excluding hydrogens is 334 g/mol. The Morgan fingerprint density at radius 2 is 1.78 bits per heavy atom. The molecule has 1 aliphatic rings. The van der Waals surface area contributed by atoms with Gasteiger partial charge >= 0.3 is 0 Å². The van der Waals surface area contributed by atoms with Crippen LogP contribution in [0.3, 0.4) is 0 Å². The van der Waals surface area contributed by atoms with Crippen LogP contribution >= 0.6 is 0 Å². The Kier molecular flexibility index (Phi) is 6.64. The summed E-state index contributed by atoms with van der Waals surface area (Å²) in [6, 6.07) is 20.5. The number of nitrogens with two attached hydrogens (primary N) is 1. The van der Waals surface area contributed by atoms with Crippen molar-refractivity contribution in [3.8, 4) is 0 Å². The summed E-state index contributed by atoms with van der Waals surface area (Å²) in [6.45, 7) is 5.27. The molecule has 3 atom stereocenters. The summed E-state index contributed by atoms with van der Waals surface area (Å²) in [4.78, 5) is 17.2. The first-order chi connectivity index (χ1) is 13.0. The van der Waals surface area contributed by atoms with Crippen LogP contribution in [0.4, 0.5) is 0 Å². The van der Waals surface area contributed by atoms with Gasteiger partial charge in [-0.2, -0.15) is 0 Å². The minimum Gasteiger partial charge on any atom is -0.342 e. The van der Waals surface area contributed by atoms with Crippen molar-refractivity contribution < 1.29 is 4.79 Å². The number of rotatable bonds is 6. The van der Waals surface area contributed by atoms with E-state index in [0.29, 0.717) is 12.3 Å². The second kappa shape index (κ2) is 9.16. The molecule has 0 bridgehead atoms. The van der Waals surface area contributed by atoms with E-state index in [9.17, 15) is 4.79 Å². The number of carbonyl (C=O) groups is 1. The van der Waals surface area contributed by atoms with Crippen LogP contribution in [0.15, 0.2) is 60.7 Å². The Morgan fingerprint density at radius 3 is 2.41 bits per heavy atom. The number of piperidine rings is 1. The predicted molar refractivity (Wildman–Crippen MR) is 110 cm³/mol. The lowest BCUT2D eigenvalue weighted by Crippen LogP contribution is -2.50.